The van der Waals surface area contributed by atoms with Gasteiger partial charge >= 0.3 is 5.97 Å². The van der Waals surface area contributed by atoms with Gasteiger partial charge in [0, 0.05) is 43.5 Å². The minimum absolute atomic E-state index is 0.176. The molecule has 3 heterocycles. The molecule has 1 aromatic carbocycles. The van der Waals surface area contributed by atoms with Crippen molar-refractivity contribution in [1.82, 2.24) is 19.4 Å². The van der Waals surface area contributed by atoms with Crippen molar-refractivity contribution in [3.63, 3.8) is 0 Å². The lowest BCUT2D eigenvalue weighted by Crippen LogP contribution is -2.29. The fraction of sp³-hybridized carbons (Fsp3) is 0.263. The summed E-state index contributed by atoms with van der Waals surface area (Å²) in [6.45, 7) is 0.517. The minimum atomic E-state index is -0.906. The van der Waals surface area contributed by atoms with E-state index < -0.39 is 11.9 Å². The zero-order valence-electron chi connectivity index (χ0n) is 14.2. The smallest absolute Gasteiger partial charge is 0.309 e. The molecule has 1 aliphatic heterocycles. The Labute approximate surface area is 149 Å². The van der Waals surface area contributed by atoms with Crippen LogP contribution in [0.15, 0.2) is 48.9 Å². The van der Waals surface area contributed by atoms with Crippen LogP contribution < -0.4 is 0 Å². The molecule has 26 heavy (non-hydrogen) atoms. The highest BCUT2D eigenvalue weighted by Gasteiger charge is 2.41. The third kappa shape index (κ3) is 2.71. The summed E-state index contributed by atoms with van der Waals surface area (Å²) in [5.41, 5.74) is 2.91. The van der Waals surface area contributed by atoms with Crippen LogP contribution in [0.2, 0.25) is 0 Å². The lowest BCUT2D eigenvalue weighted by molar-refractivity contribution is -0.141. The number of aromatic nitrogens is 3. The number of benzene rings is 1. The third-order valence-corrected chi connectivity index (χ3v) is 4.96. The number of carboxylic acid groups (broad SMARTS) is 1. The molecule has 0 saturated carbocycles. The minimum Gasteiger partial charge on any atom is -0.481 e. The quantitative estimate of drug-likeness (QED) is 0.779. The standard InChI is InChI=1S/C19H18N4O3/c1-22-11-21-16-8-12(5-6-17(16)22)18(24)23-9-13(14(10-23)19(25)26)15-4-2-3-7-20-15/h2-8,11,13-14H,9-10H2,1H3,(H,25,26)/t13-,14-/m0/s1. The van der Waals surface area contributed by atoms with Gasteiger partial charge in [-0.25, -0.2) is 4.98 Å². The number of carbonyl (C=O) groups excluding carboxylic acids is 1. The summed E-state index contributed by atoms with van der Waals surface area (Å²) in [7, 11) is 1.90. The average molecular weight is 350 g/mol. The molecule has 1 amide bonds. The number of likely N-dealkylation sites (tertiary alicyclic amines) is 1. The molecule has 0 radical (unpaired) electrons. The van der Waals surface area contributed by atoms with Gasteiger partial charge in [-0.15, -0.1) is 0 Å². The second-order valence-electron chi connectivity index (χ2n) is 6.57. The van der Waals surface area contributed by atoms with Crippen molar-refractivity contribution < 1.29 is 14.7 Å². The number of carbonyl (C=O) groups is 2. The average Bonchev–Trinajstić information content (AvgIpc) is 3.26. The Bertz CT molecular complexity index is 983. The number of rotatable bonds is 3. The van der Waals surface area contributed by atoms with Crippen molar-refractivity contribution in [3.8, 4) is 0 Å². The number of nitrogens with zero attached hydrogens (tertiary/aromatic N) is 4. The number of hydrogen-bond acceptors (Lipinski definition) is 4. The first kappa shape index (κ1) is 16.3. The highest BCUT2D eigenvalue weighted by atomic mass is 16.4. The lowest BCUT2D eigenvalue weighted by atomic mass is 9.93. The Balaban J connectivity index is 1.62. The third-order valence-electron chi connectivity index (χ3n) is 4.96. The zero-order valence-corrected chi connectivity index (χ0v) is 14.2. The second-order valence-corrected chi connectivity index (χ2v) is 6.57. The van der Waals surface area contributed by atoms with Gasteiger partial charge in [0.25, 0.3) is 5.91 Å². The van der Waals surface area contributed by atoms with Crippen molar-refractivity contribution in [3.05, 3.63) is 60.2 Å². The van der Waals surface area contributed by atoms with Gasteiger partial charge in [-0.3, -0.25) is 14.6 Å². The van der Waals surface area contributed by atoms with Crippen LogP contribution in [0.5, 0.6) is 0 Å². The SMILES string of the molecule is Cn1cnc2cc(C(=O)N3C[C@H](C(=O)O)[C@@H](c4ccccn4)C3)ccc21. The van der Waals surface area contributed by atoms with Crippen molar-refractivity contribution >= 4 is 22.9 Å². The van der Waals surface area contributed by atoms with Crippen LogP contribution in [0.1, 0.15) is 22.0 Å². The molecule has 2 aromatic heterocycles. The normalized spacial score (nSPS) is 19.8. The number of amides is 1. The van der Waals surface area contributed by atoms with E-state index in [-0.39, 0.29) is 18.4 Å². The number of aliphatic carboxylic acids is 1. The van der Waals surface area contributed by atoms with Crippen molar-refractivity contribution in [2.75, 3.05) is 13.1 Å². The van der Waals surface area contributed by atoms with E-state index in [2.05, 4.69) is 9.97 Å². The zero-order chi connectivity index (χ0) is 18.3. The predicted molar refractivity (Wildman–Crippen MR) is 94.7 cm³/mol. The summed E-state index contributed by atoms with van der Waals surface area (Å²) in [5, 5.41) is 9.58. The highest BCUT2D eigenvalue weighted by Crippen LogP contribution is 2.32. The topological polar surface area (TPSA) is 88.3 Å². The molecule has 4 rings (SSSR count). The molecule has 1 saturated heterocycles. The van der Waals surface area contributed by atoms with E-state index in [0.717, 1.165) is 11.0 Å². The Hall–Kier alpha value is -3.22. The van der Waals surface area contributed by atoms with E-state index in [1.807, 2.05) is 29.8 Å². The van der Waals surface area contributed by atoms with Gasteiger partial charge in [0.05, 0.1) is 23.3 Å². The van der Waals surface area contributed by atoms with E-state index in [0.29, 0.717) is 17.8 Å². The summed E-state index contributed by atoms with van der Waals surface area (Å²) < 4.78 is 1.89. The first-order valence-corrected chi connectivity index (χ1v) is 8.38. The van der Waals surface area contributed by atoms with Crippen LogP contribution in [0.3, 0.4) is 0 Å². The van der Waals surface area contributed by atoms with Crippen molar-refractivity contribution in [2.24, 2.45) is 13.0 Å². The summed E-state index contributed by atoms with van der Waals surface area (Å²) in [6, 6.07) is 10.8. The van der Waals surface area contributed by atoms with Crippen LogP contribution in [-0.2, 0) is 11.8 Å². The largest absolute Gasteiger partial charge is 0.481 e. The van der Waals surface area contributed by atoms with E-state index in [9.17, 15) is 14.7 Å². The Morgan fingerprint density at radius 2 is 2.00 bits per heavy atom. The van der Waals surface area contributed by atoms with Gasteiger partial charge in [0.1, 0.15) is 0 Å². The molecule has 1 aliphatic rings. The number of hydrogen-bond donors (Lipinski definition) is 1. The Kier molecular flexibility index (Phi) is 3.91. The molecule has 0 bridgehead atoms. The molecule has 3 aromatic rings. The molecule has 7 heteroatoms. The van der Waals surface area contributed by atoms with E-state index in [4.69, 9.17) is 0 Å². The second kappa shape index (κ2) is 6.25. The maximum atomic E-state index is 12.9. The van der Waals surface area contributed by atoms with Crippen LogP contribution in [-0.4, -0.2) is 49.5 Å². The van der Waals surface area contributed by atoms with Crippen molar-refractivity contribution in [1.29, 1.82) is 0 Å². The van der Waals surface area contributed by atoms with Crippen molar-refractivity contribution in [2.45, 2.75) is 5.92 Å². The van der Waals surface area contributed by atoms with Gasteiger partial charge < -0.3 is 14.6 Å². The Morgan fingerprint density at radius 1 is 1.15 bits per heavy atom. The van der Waals surface area contributed by atoms with Gasteiger partial charge in [-0.2, -0.15) is 0 Å². The number of aryl methyl sites for hydroxylation is 1. The number of carboxylic acids is 1. The summed E-state index contributed by atoms with van der Waals surface area (Å²) in [4.78, 5) is 34.8. The molecule has 2 atom stereocenters. The molecule has 7 nitrogen and oxygen atoms in total. The number of fused-ring (bicyclic) bond motifs is 1. The first-order chi connectivity index (χ1) is 12.5. The van der Waals surface area contributed by atoms with Crippen LogP contribution in [0.25, 0.3) is 11.0 Å². The maximum Gasteiger partial charge on any atom is 0.309 e. The predicted octanol–water partition coefficient (Wildman–Crippen LogP) is 1.91. The fourth-order valence-electron chi connectivity index (χ4n) is 3.57. The van der Waals surface area contributed by atoms with Gasteiger partial charge in [-0.05, 0) is 30.3 Å². The molecular weight excluding hydrogens is 332 g/mol. The number of imidazole rings is 1. The lowest BCUT2D eigenvalue weighted by Gasteiger charge is -2.16. The van der Waals surface area contributed by atoms with E-state index in [1.54, 1.807) is 35.6 Å². The summed E-state index contributed by atoms with van der Waals surface area (Å²) in [6.07, 6.45) is 3.35. The maximum absolute atomic E-state index is 12.9. The molecule has 132 valence electrons. The summed E-state index contributed by atoms with van der Waals surface area (Å²) >= 11 is 0. The van der Waals surface area contributed by atoms with Gasteiger partial charge in [0.15, 0.2) is 0 Å². The fourth-order valence-corrected chi connectivity index (χ4v) is 3.57. The Morgan fingerprint density at radius 3 is 2.73 bits per heavy atom. The molecule has 1 fully saturated rings. The van der Waals surface area contributed by atoms with Crippen LogP contribution >= 0.6 is 0 Å². The first-order valence-electron chi connectivity index (χ1n) is 8.38. The van der Waals surface area contributed by atoms with Gasteiger partial charge in [0.2, 0.25) is 0 Å². The van der Waals surface area contributed by atoms with Crippen LogP contribution in [0, 0.1) is 5.92 Å². The molecule has 0 spiro atoms. The van der Waals surface area contributed by atoms with Gasteiger partial charge in [-0.1, -0.05) is 6.07 Å². The monoisotopic (exact) mass is 350 g/mol. The summed E-state index contributed by atoms with van der Waals surface area (Å²) in [5.74, 6) is -2.05. The van der Waals surface area contributed by atoms with E-state index >= 15 is 0 Å². The molecule has 0 aliphatic carbocycles. The van der Waals surface area contributed by atoms with Crippen LogP contribution in [0.4, 0.5) is 0 Å². The number of pyridine rings is 1. The van der Waals surface area contributed by atoms with E-state index in [1.165, 1.54) is 0 Å². The molecular formula is C19H18N4O3. The highest BCUT2D eigenvalue weighted by molar-refractivity contribution is 5.98. The molecule has 1 N–H and O–H groups in total. The molecule has 0 unspecified atom stereocenters.